The Kier molecular flexibility index (Phi) is 4.76. The van der Waals surface area contributed by atoms with Crippen molar-refractivity contribution in [1.29, 1.82) is 0 Å². The highest BCUT2D eigenvalue weighted by atomic mass is 16.4. The number of hydrogen-bond donors (Lipinski definition) is 3. The molecule has 74 valence electrons. The first-order valence-corrected chi connectivity index (χ1v) is 3.83. The van der Waals surface area contributed by atoms with E-state index in [4.69, 9.17) is 10.2 Å². The number of carboxylic acids is 1. The van der Waals surface area contributed by atoms with E-state index in [9.17, 15) is 9.59 Å². The molecule has 0 aromatic carbocycles. The van der Waals surface area contributed by atoms with Crippen LogP contribution in [0, 0.1) is 5.92 Å². The van der Waals surface area contributed by atoms with Crippen LogP contribution in [0.2, 0.25) is 0 Å². The lowest BCUT2D eigenvalue weighted by molar-refractivity contribution is -0.131. The van der Waals surface area contributed by atoms with Crippen molar-refractivity contribution in [3.8, 4) is 0 Å². The number of amides is 1. The molecule has 0 fully saturated rings. The summed E-state index contributed by atoms with van der Waals surface area (Å²) < 4.78 is 0. The van der Waals surface area contributed by atoms with E-state index < -0.39 is 18.0 Å². The molecule has 0 radical (unpaired) electrons. The summed E-state index contributed by atoms with van der Waals surface area (Å²) in [6, 6.07) is 0. The lowest BCUT2D eigenvalue weighted by Crippen LogP contribution is -2.34. The highest BCUT2D eigenvalue weighted by Crippen LogP contribution is 1.99. The van der Waals surface area contributed by atoms with Crippen LogP contribution < -0.4 is 5.32 Å². The van der Waals surface area contributed by atoms with Crippen LogP contribution in [0.4, 0.5) is 0 Å². The lowest BCUT2D eigenvalue weighted by atomic mass is 10.1. The maximum absolute atomic E-state index is 11.0. The Morgan fingerprint density at radius 3 is 2.31 bits per heavy atom. The Labute approximate surface area is 76.1 Å². The molecule has 1 atom stereocenters. The molecule has 0 spiro atoms. The predicted octanol–water partition coefficient (Wildman–Crippen LogP) is -0.282. The Bertz CT molecular complexity index is 222. The summed E-state index contributed by atoms with van der Waals surface area (Å²) in [5, 5.41) is 19.5. The molecule has 0 aliphatic rings. The van der Waals surface area contributed by atoms with Crippen molar-refractivity contribution >= 4 is 11.9 Å². The molecular weight excluding hydrogens is 174 g/mol. The van der Waals surface area contributed by atoms with Gasteiger partial charge in [-0.1, -0.05) is 13.8 Å². The van der Waals surface area contributed by atoms with Gasteiger partial charge in [-0.15, -0.1) is 0 Å². The third-order valence-corrected chi connectivity index (χ3v) is 1.35. The number of aliphatic hydroxyl groups is 1. The van der Waals surface area contributed by atoms with Crippen LogP contribution >= 0.6 is 0 Å². The Morgan fingerprint density at radius 2 is 1.92 bits per heavy atom. The van der Waals surface area contributed by atoms with E-state index in [0.29, 0.717) is 0 Å². The minimum Gasteiger partial charge on any atom is -0.478 e. The molecule has 13 heavy (non-hydrogen) atoms. The van der Waals surface area contributed by atoms with Crippen LogP contribution in [0.25, 0.3) is 0 Å². The fraction of sp³-hybridized carbons (Fsp3) is 0.500. The fourth-order valence-electron chi connectivity index (χ4n) is 0.583. The van der Waals surface area contributed by atoms with Gasteiger partial charge in [0.1, 0.15) is 6.10 Å². The van der Waals surface area contributed by atoms with Crippen LogP contribution in [0.1, 0.15) is 13.8 Å². The second-order valence-electron chi connectivity index (χ2n) is 2.87. The summed E-state index contributed by atoms with van der Waals surface area (Å²) in [5.41, 5.74) is 0. The Hall–Kier alpha value is -1.36. The van der Waals surface area contributed by atoms with Crippen LogP contribution in [-0.2, 0) is 9.59 Å². The van der Waals surface area contributed by atoms with Gasteiger partial charge in [-0.3, -0.25) is 4.79 Å². The van der Waals surface area contributed by atoms with Crippen molar-refractivity contribution in [1.82, 2.24) is 5.32 Å². The summed E-state index contributed by atoms with van der Waals surface area (Å²) in [7, 11) is 0. The standard InChI is InChI=1S/C8H13NO4/c1-5(2)7(12)8(13)9-4-3-6(10)11/h3-5,7,12H,1-2H3,(H,9,13)(H,10,11)/b4-3-/t7-/m1/s1. The Balaban J connectivity index is 3.95. The molecule has 0 bridgehead atoms. The maximum Gasteiger partial charge on any atom is 0.329 e. The summed E-state index contributed by atoms with van der Waals surface area (Å²) in [6.45, 7) is 3.37. The van der Waals surface area contributed by atoms with Crippen molar-refractivity contribution in [2.24, 2.45) is 5.92 Å². The largest absolute Gasteiger partial charge is 0.478 e. The molecule has 5 heteroatoms. The number of carboxylic acid groups (broad SMARTS) is 1. The van der Waals surface area contributed by atoms with Gasteiger partial charge in [-0.05, 0) is 5.92 Å². The second-order valence-corrected chi connectivity index (χ2v) is 2.87. The van der Waals surface area contributed by atoms with Crippen molar-refractivity contribution in [3.63, 3.8) is 0 Å². The zero-order valence-electron chi connectivity index (χ0n) is 7.52. The molecule has 0 aliphatic heterocycles. The molecule has 0 aromatic heterocycles. The topological polar surface area (TPSA) is 86.6 Å². The van der Waals surface area contributed by atoms with Gasteiger partial charge in [0.15, 0.2) is 0 Å². The summed E-state index contributed by atoms with van der Waals surface area (Å²) in [4.78, 5) is 20.9. The lowest BCUT2D eigenvalue weighted by Gasteiger charge is -2.11. The molecule has 0 unspecified atom stereocenters. The highest BCUT2D eigenvalue weighted by molar-refractivity contribution is 5.84. The van der Waals surface area contributed by atoms with Crippen molar-refractivity contribution in [3.05, 3.63) is 12.3 Å². The predicted molar refractivity (Wildman–Crippen MR) is 45.8 cm³/mol. The third-order valence-electron chi connectivity index (χ3n) is 1.35. The fourth-order valence-corrected chi connectivity index (χ4v) is 0.583. The number of carbonyl (C=O) groups is 2. The number of hydrogen-bond acceptors (Lipinski definition) is 3. The van der Waals surface area contributed by atoms with Gasteiger partial charge in [0.2, 0.25) is 0 Å². The molecule has 0 saturated heterocycles. The first-order valence-electron chi connectivity index (χ1n) is 3.83. The molecule has 0 aromatic rings. The van der Waals surface area contributed by atoms with E-state index in [1.165, 1.54) is 0 Å². The smallest absolute Gasteiger partial charge is 0.329 e. The van der Waals surface area contributed by atoms with E-state index in [1.54, 1.807) is 13.8 Å². The number of aliphatic carboxylic acids is 1. The van der Waals surface area contributed by atoms with Gasteiger partial charge < -0.3 is 15.5 Å². The average molecular weight is 187 g/mol. The Morgan fingerprint density at radius 1 is 1.38 bits per heavy atom. The van der Waals surface area contributed by atoms with Crippen LogP contribution in [0.3, 0.4) is 0 Å². The van der Waals surface area contributed by atoms with E-state index in [-0.39, 0.29) is 5.92 Å². The molecular formula is C8H13NO4. The number of aliphatic hydroxyl groups excluding tert-OH is 1. The first-order chi connectivity index (χ1) is 5.95. The highest BCUT2D eigenvalue weighted by Gasteiger charge is 2.17. The zero-order valence-corrected chi connectivity index (χ0v) is 7.52. The number of nitrogens with one attached hydrogen (secondary N) is 1. The monoisotopic (exact) mass is 187 g/mol. The van der Waals surface area contributed by atoms with Crippen molar-refractivity contribution in [2.75, 3.05) is 0 Å². The van der Waals surface area contributed by atoms with E-state index in [1.807, 2.05) is 0 Å². The van der Waals surface area contributed by atoms with Crippen LogP contribution in [0.15, 0.2) is 12.3 Å². The maximum atomic E-state index is 11.0. The van der Waals surface area contributed by atoms with Gasteiger partial charge >= 0.3 is 5.97 Å². The van der Waals surface area contributed by atoms with Crippen molar-refractivity contribution in [2.45, 2.75) is 20.0 Å². The average Bonchev–Trinajstić information content (AvgIpc) is 2.02. The summed E-state index contributed by atoms with van der Waals surface area (Å²) >= 11 is 0. The third kappa shape index (κ3) is 4.97. The molecule has 0 heterocycles. The van der Waals surface area contributed by atoms with Gasteiger partial charge in [0, 0.05) is 12.3 Å². The normalized spacial score (nSPS) is 13.2. The van der Waals surface area contributed by atoms with Gasteiger partial charge in [0.05, 0.1) is 0 Å². The molecule has 3 N–H and O–H groups in total. The van der Waals surface area contributed by atoms with E-state index >= 15 is 0 Å². The van der Waals surface area contributed by atoms with E-state index in [0.717, 1.165) is 12.3 Å². The van der Waals surface area contributed by atoms with Gasteiger partial charge in [-0.2, -0.15) is 0 Å². The second kappa shape index (κ2) is 5.31. The van der Waals surface area contributed by atoms with Gasteiger partial charge in [-0.25, -0.2) is 4.79 Å². The van der Waals surface area contributed by atoms with Gasteiger partial charge in [0.25, 0.3) is 5.91 Å². The SMILES string of the molecule is CC(C)[C@@H](O)C(=O)N/C=C\C(=O)O. The summed E-state index contributed by atoms with van der Waals surface area (Å²) in [6.07, 6.45) is 0.653. The number of carbonyl (C=O) groups excluding carboxylic acids is 1. The minimum absolute atomic E-state index is 0.196. The number of rotatable bonds is 4. The molecule has 1 amide bonds. The zero-order chi connectivity index (χ0) is 10.4. The minimum atomic E-state index is -1.15. The van der Waals surface area contributed by atoms with Crippen LogP contribution in [-0.4, -0.2) is 28.2 Å². The molecule has 5 nitrogen and oxygen atoms in total. The molecule has 0 rings (SSSR count). The van der Waals surface area contributed by atoms with Crippen LogP contribution in [0.5, 0.6) is 0 Å². The molecule has 0 saturated carbocycles. The van der Waals surface area contributed by atoms with Crippen molar-refractivity contribution < 1.29 is 19.8 Å². The molecule has 0 aliphatic carbocycles. The quantitative estimate of drug-likeness (QED) is 0.528. The van der Waals surface area contributed by atoms with E-state index in [2.05, 4.69) is 5.32 Å². The summed E-state index contributed by atoms with van der Waals surface area (Å²) in [5.74, 6) is -1.95. The first kappa shape index (κ1) is 11.6.